The second-order valence-electron chi connectivity index (χ2n) is 7.44. The van der Waals surface area contributed by atoms with Gasteiger partial charge in [0.2, 0.25) is 5.91 Å². The van der Waals surface area contributed by atoms with E-state index >= 15 is 0 Å². The lowest BCUT2D eigenvalue weighted by molar-refractivity contribution is -0.129. The van der Waals surface area contributed by atoms with Gasteiger partial charge in [0.25, 0.3) is 0 Å². The molecule has 0 rings (SSSR count). The van der Waals surface area contributed by atoms with Crippen LogP contribution in [0.2, 0.25) is 0 Å². The first-order valence-electron chi connectivity index (χ1n) is 7.99. The van der Waals surface area contributed by atoms with E-state index in [4.69, 9.17) is 5.73 Å². The molecule has 1 amide bonds. The Balaban J connectivity index is 4.82. The van der Waals surface area contributed by atoms with Crippen molar-refractivity contribution in [2.45, 2.75) is 80.1 Å². The highest BCUT2D eigenvalue weighted by Crippen LogP contribution is 2.38. The van der Waals surface area contributed by atoms with Crippen LogP contribution in [0.25, 0.3) is 0 Å². The van der Waals surface area contributed by atoms with Crippen molar-refractivity contribution in [3.63, 3.8) is 0 Å². The van der Waals surface area contributed by atoms with Gasteiger partial charge in [0.1, 0.15) is 0 Å². The minimum absolute atomic E-state index is 0.0746. The second kappa shape index (κ2) is 8.60. The van der Waals surface area contributed by atoms with Crippen molar-refractivity contribution in [3.05, 3.63) is 0 Å². The molecule has 0 aliphatic heterocycles. The summed E-state index contributed by atoms with van der Waals surface area (Å²) in [6, 6.07) is 0. The van der Waals surface area contributed by atoms with Crippen molar-refractivity contribution >= 4 is 5.91 Å². The lowest BCUT2D eigenvalue weighted by Crippen LogP contribution is -2.38. The number of hydrogen-bond acceptors (Lipinski definition) is 1. The molecule has 0 atom stereocenters. The highest BCUT2D eigenvalue weighted by molar-refractivity contribution is 5.80. The molecule has 0 aliphatic rings. The van der Waals surface area contributed by atoms with E-state index in [9.17, 15) is 4.79 Å². The van der Waals surface area contributed by atoms with E-state index in [1.807, 2.05) is 0 Å². The molecule has 0 heterocycles. The molecule has 0 saturated heterocycles. The van der Waals surface area contributed by atoms with E-state index in [0.29, 0.717) is 17.8 Å². The third-order valence-corrected chi connectivity index (χ3v) is 4.12. The lowest BCUT2D eigenvalue weighted by Gasteiger charge is -2.33. The molecule has 0 saturated carbocycles. The third kappa shape index (κ3) is 7.59. The lowest BCUT2D eigenvalue weighted by atomic mass is 9.71. The molecule has 0 aromatic carbocycles. The summed E-state index contributed by atoms with van der Waals surface area (Å²) >= 11 is 0. The number of hydrogen-bond donors (Lipinski definition) is 1. The third-order valence-electron chi connectivity index (χ3n) is 4.12. The highest BCUT2D eigenvalue weighted by atomic mass is 16.1. The molecule has 0 aromatic rings. The number of carbonyl (C=O) groups excluding carboxylic acids is 1. The van der Waals surface area contributed by atoms with Crippen molar-refractivity contribution in [1.82, 2.24) is 0 Å². The van der Waals surface area contributed by atoms with E-state index < -0.39 is 0 Å². The van der Waals surface area contributed by atoms with Crippen LogP contribution in [-0.4, -0.2) is 5.91 Å². The standard InChI is InChI=1S/C17H35NO/c1-13(2)7-10-17(16(18)19,11-8-14(3)4)12-9-15(5)6/h13-15H,7-12H2,1-6H3,(H2,18,19). The number of amides is 1. The predicted octanol–water partition coefficient (Wildman–Crippen LogP) is 4.77. The van der Waals surface area contributed by atoms with Gasteiger partial charge in [0, 0.05) is 5.41 Å². The van der Waals surface area contributed by atoms with Crippen LogP contribution < -0.4 is 5.73 Å². The zero-order valence-corrected chi connectivity index (χ0v) is 14.0. The van der Waals surface area contributed by atoms with Crippen molar-refractivity contribution in [3.8, 4) is 0 Å². The Morgan fingerprint density at radius 3 is 1.21 bits per heavy atom. The van der Waals surface area contributed by atoms with Crippen LogP contribution in [0.3, 0.4) is 0 Å². The molecule has 0 unspecified atom stereocenters. The van der Waals surface area contributed by atoms with Crippen molar-refractivity contribution in [2.24, 2.45) is 28.9 Å². The SMILES string of the molecule is CC(C)CCC(CCC(C)C)(CCC(C)C)C(N)=O. The fraction of sp³-hybridized carbons (Fsp3) is 0.941. The zero-order chi connectivity index (χ0) is 15.1. The summed E-state index contributed by atoms with van der Waals surface area (Å²) < 4.78 is 0. The van der Waals surface area contributed by atoms with Crippen LogP contribution in [0.5, 0.6) is 0 Å². The maximum atomic E-state index is 12.1. The summed E-state index contributed by atoms with van der Waals surface area (Å²) in [7, 11) is 0. The fourth-order valence-electron chi connectivity index (χ4n) is 2.44. The largest absolute Gasteiger partial charge is 0.369 e. The topological polar surface area (TPSA) is 43.1 Å². The van der Waals surface area contributed by atoms with Gasteiger partial charge in [-0.3, -0.25) is 4.79 Å². The van der Waals surface area contributed by atoms with Gasteiger partial charge < -0.3 is 5.73 Å². The molecule has 2 nitrogen and oxygen atoms in total. The Labute approximate surface area is 120 Å². The van der Waals surface area contributed by atoms with E-state index in [2.05, 4.69) is 41.5 Å². The minimum Gasteiger partial charge on any atom is -0.369 e. The first-order chi connectivity index (χ1) is 8.69. The molecule has 0 bridgehead atoms. The van der Waals surface area contributed by atoms with Gasteiger partial charge >= 0.3 is 0 Å². The number of primary amides is 1. The maximum Gasteiger partial charge on any atom is 0.223 e. The Hall–Kier alpha value is -0.530. The molecule has 0 radical (unpaired) electrons. The van der Waals surface area contributed by atoms with Gasteiger partial charge in [-0.25, -0.2) is 0 Å². The first-order valence-corrected chi connectivity index (χ1v) is 7.99. The van der Waals surface area contributed by atoms with Gasteiger partial charge in [0.05, 0.1) is 0 Å². The summed E-state index contributed by atoms with van der Waals surface area (Å²) in [6.45, 7) is 13.3. The summed E-state index contributed by atoms with van der Waals surface area (Å²) in [5.41, 5.74) is 5.53. The van der Waals surface area contributed by atoms with Crippen LogP contribution in [0.4, 0.5) is 0 Å². The zero-order valence-electron chi connectivity index (χ0n) is 14.0. The molecule has 114 valence electrons. The molecule has 0 spiro atoms. The molecular weight excluding hydrogens is 234 g/mol. The summed E-state index contributed by atoms with van der Waals surface area (Å²) in [4.78, 5) is 12.1. The monoisotopic (exact) mass is 269 g/mol. The van der Waals surface area contributed by atoms with E-state index in [1.165, 1.54) is 0 Å². The molecule has 2 N–H and O–H groups in total. The predicted molar refractivity (Wildman–Crippen MR) is 83.8 cm³/mol. The van der Waals surface area contributed by atoms with E-state index in [0.717, 1.165) is 38.5 Å². The maximum absolute atomic E-state index is 12.1. The highest BCUT2D eigenvalue weighted by Gasteiger charge is 2.35. The van der Waals surface area contributed by atoms with Crippen molar-refractivity contribution in [1.29, 1.82) is 0 Å². The van der Waals surface area contributed by atoms with Crippen molar-refractivity contribution in [2.75, 3.05) is 0 Å². The Bertz CT molecular complexity index is 225. The van der Waals surface area contributed by atoms with Gasteiger partial charge in [0.15, 0.2) is 0 Å². The quantitative estimate of drug-likeness (QED) is 0.610. The molecule has 19 heavy (non-hydrogen) atoms. The van der Waals surface area contributed by atoms with Gasteiger partial charge in [-0.05, 0) is 56.3 Å². The van der Waals surface area contributed by atoms with E-state index in [-0.39, 0.29) is 11.3 Å². The molecule has 0 fully saturated rings. The number of nitrogens with two attached hydrogens (primary N) is 1. The number of rotatable bonds is 10. The second-order valence-corrected chi connectivity index (χ2v) is 7.44. The molecular formula is C17H35NO. The first kappa shape index (κ1) is 18.5. The Morgan fingerprint density at radius 2 is 1.05 bits per heavy atom. The summed E-state index contributed by atoms with van der Waals surface area (Å²) in [5, 5.41) is 0. The van der Waals surface area contributed by atoms with Crippen LogP contribution in [0.15, 0.2) is 0 Å². The van der Waals surface area contributed by atoms with E-state index in [1.54, 1.807) is 0 Å². The van der Waals surface area contributed by atoms with Crippen LogP contribution in [0.1, 0.15) is 80.1 Å². The smallest absolute Gasteiger partial charge is 0.223 e. The number of carbonyl (C=O) groups is 1. The van der Waals surface area contributed by atoms with Crippen molar-refractivity contribution < 1.29 is 4.79 Å². The van der Waals surface area contributed by atoms with Crippen LogP contribution >= 0.6 is 0 Å². The summed E-state index contributed by atoms with van der Waals surface area (Å²) in [5.74, 6) is 1.83. The van der Waals surface area contributed by atoms with Gasteiger partial charge in [-0.15, -0.1) is 0 Å². The van der Waals surface area contributed by atoms with Gasteiger partial charge in [-0.1, -0.05) is 41.5 Å². The van der Waals surface area contributed by atoms with Crippen LogP contribution in [-0.2, 0) is 4.79 Å². The molecule has 0 aliphatic carbocycles. The Kier molecular flexibility index (Phi) is 8.36. The average molecular weight is 269 g/mol. The minimum atomic E-state index is -0.265. The average Bonchev–Trinajstić information content (AvgIpc) is 2.27. The van der Waals surface area contributed by atoms with Gasteiger partial charge in [-0.2, -0.15) is 0 Å². The normalized spacial score (nSPS) is 12.7. The van der Waals surface area contributed by atoms with Crippen LogP contribution in [0, 0.1) is 23.2 Å². The fourth-order valence-corrected chi connectivity index (χ4v) is 2.44. The molecule has 2 heteroatoms. The molecule has 0 aromatic heterocycles. The summed E-state index contributed by atoms with van der Waals surface area (Å²) in [6.07, 6.45) is 6.16. The Morgan fingerprint density at radius 1 is 0.789 bits per heavy atom.